The molecule has 7 heteroatoms. The predicted octanol–water partition coefficient (Wildman–Crippen LogP) is 6.37. The van der Waals surface area contributed by atoms with Gasteiger partial charge in [-0.15, -0.1) is 0 Å². The molecular weight excluding hydrogens is 506 g/mol. The molecule has 4 rings (SSSR count). The average Bonchev–Trinajstić information content (AvgIpc) is 3.15. The highest BCUT2D eigenvalue weighted by molar-refractivity contribution is 9.10. The molecule has 3 aromatic rings. The maximum Gasteiger partial charge on any atom is 0.363 e. The Kier molecular flexibility index (Phi) is 6.87. The summed E-state index contributed by atoms with van der Waals surface area (Å²) in [6.07, 6.45) is 4.48. The van der Waals surface area contributed by atoms with Crippen molar-refractivity contribution in [2.75, 3.05) is 0 Å². The zero-order valence-corrected chi connectivity index (χ0v) is 19.8. The van der Waals surface area contributed by atoms with Gasteiger partial charge in [0.05, 0.1) is 0 Å². The molecular formula is C26H17BrClNO4. The van der Waals surface area contributed by atoms with Gasteiger partial charge in [-0.05, 0) is 67.1 Å². The van der Waals surface area contributed by atoms with Crippen LogP contribution in [0.2, 0.25) is 5.02 Å². The van der Waals surface area contributed by atoms with Gasteiger partial charge in [-0.25, -0.2) is 14.6 Å². The van der Waals surface area contributed by atoms with E-state index in [2.05, 4.69) is 20.9 Å². The number of halogens is 2. The molecule has 1 aliphatic heterocycles. The molecule has 0 amide bonds. The Morgan fingerprint density at radius 1 is 1.09 bits per heavy atom. The van der Waals surface area contributed by atoms with E-state index in [1.54, 1.807) is 48.5 Å². The van der Waals surface area contributed by atoms with Crippen LogP contribution in [0.15, 0.2) is 88.0 Å². The fraction of sp³-hybridized carbons (Fsp3) is 0.0385. The van der Waals surface area contributed by atoms with Gasteiger partial charge in [0.2, 0.25) is 5.90 Å². The van der Waals surface area contributed by atoms with Gasteiger partial charge in [0.25, 0.3) is 0 Å². The van der Waals surface area contributed by atoms with Crippen LogP contribution in [-0.4, -0.2) is 17.8 Å². The summed E-state index contributed by atoms with van der Waals surface area (Å²) in [5, 5.41) is 0.612. The number of aliphatic imine (C=N–C) groups is 1. The SMILES string of the molecule is Cc1cccc(C2=N/C(=C\c3cc(Br)ccc3OC(=O)/C=C/c3ccc(Cl)cc3)C(=O)O2)c1. The van der Waals surface area contributed by atoms with E-state index < -0.39 is 11.9 Å². The summed E-state index contributed by atoms with van der Waals surface area (Å²) in [6, 6.07) is 19.7. The van der Waals surface area contributed by atoms with Gasteiger partial charge in [-0.1, -0.05) is 57.4 Å². The molecule has 33 heavy (non-hydrogen) atoms. The number of ether oxygens (including phenoxy) is 2. The molecule has 0 atom stereocenters. The largest absolute Gasteiger partial charge is 0.423 e. The third-order valence-electron chi connectivity index (χ3n) is 4.64. The number of carbonyl (C=O) groups excluding carboxylic acids is 2. The smallest absolute Gasteiger partial charge is 0.363 e. The Morgan fingerprint density at radius 3 is 2.64 bits per heavy atom. The molecule has 1 heterocycles. The molecule has 0 unspecified atom stereocenters. The highest BCUT2D eigenvalue weighted by atomic mass is 79.9. The number of cyclic esters (lactones) is 1. The van der Waals surface area contributed by atoms with Crippen LogP contribution in [0.3, 0.4) is 0 Å². The topological polar surface area (TPSA) is 65.0 Å². The van der Waals surface area contributed by atoms with Crippen molar-refractivity contribution in [1.82, 2.24) is 0 Å². The zero-order chi connectivity index (χ0) is 23.4. The first-order valence-electron chi connectivity index (χ1n) is 9.92. The molecule has 0 spiro atoms. The van der Waals surface area contributed by atoms with Crippen LogP contribution in [0.4, 0.5) is 0 Å². The Bertz CT molecular complexity index is 1330. The highest BCUT2D eigenvalue weighted by Crippen LogP contribution is 2.28. The second kappa shape index (κ2) is 9.98. The molecule has 0 saturated carbocycles. The molecule has 0 saturated heterocycles. The number of aryl methyl sites for hydroxylation is 1. The van der Waals surface area contributed by atoms with Crippen LogP contribution < -0.4 is 4.74 Å². The molecule has 5 nitrogen and oxygen atoms in total. The number of esters is 2. The van der Waals surface area contributed by atoms with Crippen molar-refractivity contribution in [2.45, 2.75) is 6.92 Å². The second-order valence-electron chi connectivity index (χ2n) is 7.19. The van der Waals surface area contributed by atoms with Crippen molar-refractivity contribution in [3.05, 3.63) is 110 Å². The summed E-state index contributed by atoms with van der Waals surface area (Å²) < 4.78 is 11.6. The van der Waals surface area contributed by atoms with Crippen molar-refractivity contribution in [3.8, 4) is 5.75 Å². The summed E-state index contributed by atoms with van der Waals surface area (Å²) in [5.74, 6) is -0.630. The number of rotatable bonds is 5. The number of hydrogen-bond acceptors (Lipinski definition) is 5. The van der Waals surface area contributed by atoms with E-state index in [1.165, 1.54) is 12.2 Å². The van der Waals surface area contributed by atoms with E-state index >= 15 is 0 Å². The van der Waals surface area contributed by atoms with Crippen molar-refractivity contribution in [3.63, 3.8) is 0 Å². The summed E-state index contributed by atoms with van der Waals surface area (Å²) in [4.78, 5) is 29.1. The minimum absolute atomic E-state index is 0.110. The zero-order valence-electron chi connectivity index (χ0n) is 17.4. The lowest BCUT2D eigenvalue weighted by molar-refractivity contribution is -0.130. The van der Waals surface area contributed by atoms with Crippen molar-refractivity contribution < 1.29 is 19.1 Å². The molecule has 164 valence electrons. The summed E-state index contributed by atoms with van der Waals surface area (Å²) in [7, 11) is 0. The number of carbonyl (C=O) groups is 2. The third kappa shape index (κ3) is 5.86. The Labute approximate surface area is 204 Å². The second-order valence-corrected chi connectivity index (χ2v) is 8.55. The monoisotopic (exact) mass is 521 g/mol. The van der Waals surface area contributed by atoms with E-state index in [4.69, 9.17) is 21.1 Å². The van der Waals surface area contributed by atoms with E-state index in [-0.39, 0.29) is 17.3 Å². The van der Waals surface area contributed by atoms with Crippen LogP contribution in [0.5, 0.6) is 5.75 Å². The maximum absolute atomic E-state index is 12.4. The minimum atomic E-state index is -0.577. The van der Waals surface area contributed by atoms with Crippen LogP contribution >= 0.6 is 27.5 Å². The predicted molar refractivity (Wildman–Crippen MR) is 132 cm³/mol. The minimum Gasteiger partial charge on any atom is -0.423 e. The fourth-order valence-electron chi connectivity index (χ4n) is 3.06. The van der Waals surface area contributed by atoms with E-state index in [0.29, 0.717) is 16.1 Å². The van der Waals surface area contributed by atoms with Gasteiger partial charge in [0.1, 0.15) is 5.75 Å². The van der Waals surface area contributed by atoms with E-state index in [0.717, 1.165) is 15.6 Å². The molecule has 1 aliphatic rings. The first-order valence-corrected chi connectivity index (χ1v) is 11.1. The van der Waals surface area contributed by atoms with Crippen molar-refractivity contribution in [1.29, 1.82) is 0 Å². The van der Waals surface area contributed by atoms with Gasteiger partial charge in [0.15, 0.2) is 5.70 Å². The first-order chi connectivity index (χ1) is 15.9. The van der Waals surface area contributed by atoms with Crippen molar-refractivity contribution in [2.24, 2.45) is 4.99 Å². The Morgan fingerprint density at radius 2 is 1.88 bits per heavy atom. The molecule has 0 aromatic heterocycles. The quantitative estimate of drug-likeness (QED) is 0.222. The molecule has 0 N–H and O–H groups in total. The van der Waals surface area contributed by atoms with Crippen LogP contribution in [0.1, 0.15) is 22.3 Å². The van der Waals surface area contributed by atoms with Crippen LogP contribution in [-0.2, 0) is 14.3 Å². The lowest BCUT2D eigenvalue weighted by Crippen LogP contribution is -2.06. The standard InChI is InChI=1S/C26H17BrClNO4/c1-16-3-2-4-18(13-16)25-29-22(26(31)33-25)15-19-14-20(27)8-11-23(19)32-24(30)12-7-17-5-9-21(28)10-6-17/h2-15H,1H3/b12-7+,22-15-. The fourth-order valence-corrected chi connectivity index (χ4v) is 3.57. The first kappa shape index (κ1) is 22.7. The van der Waals surface area contributed by atoms with Gasteiger partial charge in [-0.2, -0.15) is 0 Å². The lowest BCUT2D eigenvalue weighted by Gasteiger charge is -2.06. The average molecular weight is 523 g/mol. The van der Waals surface area contributed by atoms with E-state index in [9.17, 15) is 9.59 Å². The summed E-state index contributed by atoms with van der Waals surface area (Å²) in [5.41, 5.74) is 3.15. The number of benzene rings is 3. The van der Waals surface area contributed by atoms with E-state index in [1.807, 2.05) is 31.2 Å². The number of hydrogen-bond donors (Lipinski definition) is 0. The molecule has 3 aromatic carbocycles. The van der Waals surface area contributed by atoms with Crippen LogP contribution in [0, 0.1) is 6.92 Å². The molecule has 0 aliphatic carbocycles. The number of nitrogens with zero attached hydrogens (tertiary/aromatic N) is 1. The molecule has 0 bridgehead atoms. The molecule has 0 fully saturated rings. The summed E-state index contributed by atoms with van der Waals surface area (Å²) in [6.45, 7) is 1.95. The normalized spacial score (nSPS) is 14.5. The summed E-state index contributed by atoms with van der Waals surface area (Å²) >= 11 is 9.28. The van der Waals surface area contributed by atoms with Crippen molar-refractivity contribution >= 4 is 57.5 Å². The van der Waals surface area contributed by atoms with Crippen LogP contribution in [0.25, 0.3) is 12.2 Å². The van der Waals surface area contributed by atoms with Gasteiger partial charge in [-0.3, -0.25) is 0 Å². The Hall–Kier alpha value is -3.48. The highest BCUT2D eigenvalue weighted by Gasteiger charge is 2.24. The van der Waals surface area contributed by atoms with Gasteiger partial charge >= 0.3 is 11.9 Å². The maximum atomic E-state index is 12.4. The lowest BCUT2D eigenvalue weighted by atomic mass is 10.1. The van der Waals surface area contributed by atoms with Gasteiger partial charge < -0.3 is 9.47 Å². The van der Waals surface area contributed by atoms with Gasteiger partial charge in [0, 0.05) is 26.7 Å². The third-order valence-corrected chi connectivity index (χ3v) is 5.39. The molecule has 0 radical (unpaired) electrons. The Balaban J connectivity index is 1.58.